The molecule has 8 heteroatoms. The van der Waals surface area contributed by atoms with Crippen molar-refractivity contribution in [2.75, 3.05) is 18.5 Å². The number of hydrogen-bond donors (Lipinski definition) is 1. The van der Waals surface area contributed by atoms with Crippen molar-refractivity contribution in [2.45, 2.75) is 0 Å². The first-order valence-electron chi connectivity index (χ1n) is 6.02. The van der Waals surface area contributed by atoms with Crippen LogP contribution >= 0.6 is 11.6 Å². The smallest absolute Gasteiger partial charge is 0.287 e. The van der Waals surface area contributed by atoms with Gasteiger partial charge >= 0.3 is 0 Å². The van der Waals surface area contributed by atoms with Crippen molar-refractivity contribution in [3.8, 4) is 5.75 Å². The summed E-state index contributed by atoms with van der Waals surface area (Å²) in [6.45, 7) is 0.490. The first-order chi connectivity index (χ1) is 9.99. The summed E-state index contributed by atoms with van der Waals surface area (Å²) in [4.78, 5) is 11.5. The zero-order chi connectivity index (χ0) is 15.4. The van der Waals surface area contributed by atoms with Crippen molar-refractivity contribution >= 4 is 17.3 Å². The Balaban J connectivity index is 1.89. The highest BCUT2D eigenvalue weighted by Gasteiger charge is 2.07. The summed E-state index contributed by atoms with van der Waals surface area (Å²) in [5, 5.41) is 6.73. The van der Waals surface area contributed by atoms with Crippen LogP contribution in [0.2, 0.25) is 5.02 Å². The van der Waals surface area contributed by atoms with Crippen molar-refractivity contribution < 1.29 is 13.5 Å². The van der Waals surface area contributed by atoms with Crippen molar-refractivity contribution in [3.63, 3.8) is 0 Å². The number of halogens is 3. The van der Waals surface area contributed by atoms with E-state index in [-0.39, 0.29) is 17.4 Å². The fourth-order valence-electron chi connectivity index (χ4n) is 1.56. The van der Waals surface area contributed by atoms with E-state index < -0.39 is 17.2 Å². The Labute approximate surface area is 124 Å². The third-order valence-corrected chi connectivity index (χ3v) is 3.02. The summed E-state index contributed by atoms with van der Waals surface area (Å²) < 4.78 is 32.0. The fraction of sp³-hybridized carbons (Fsp3) is 0.231. The average molecular weight is 316 g/mol. The number of aromatic nitrogens is 2. The van der Waals surface area contributed by atoms with Crippen molar-refractivity contribution in [1.29, 1.82) is 0 Å². The van der Waals surface area contributed by atoms with Gasteiger partial charge in [0.2, 0.25) is 0 Å². The van der Waals surface area contributed by atoms with E-state index in [2.05, 4.69) is 10.4 Å². The Morgan fingerprint density at radius 2 is 2.14 bits per heavy atom. The predicted octanol–water partition coefficient (Wildman–Crippen LogP) is 2.20. The van der Waals surface area contributed by atoms with E-state index in [1.165, 1.54) is 19.3 Å². The van der Waals surface area contributed by atoms with Gasteiger partial charge < -0.3 is 10.1 Å². The van der Waals surface area contributed by atoms with Gasteiger partial charge in [0.05, 0.1) is 11.9 Å². The number of anilines is 1. The monoisotopic (exact) mass is 315 g/mol. The van der Waals surface area contributed by atoms with Gasteiger partial charge in [-0.2, -0.15) is 5.10 Å². The van der Waals surface area contributed by atoms with Crippen LogP contribution in [0.4, 0.5) is 14.5 Å². The van der Waals surface area contributed by atoms with Crippen LogP contribution < -0.4 is 15.6 Å². The highest BCUT2D eigenvalue weighted by atomic mass is 35.5. The van der Waals surface area contributed by atoms with E-state index in [0.717, 1.165) is 16.8 Å². The SMILES string of the molecule is Cn1ncc(NCCOc2ccc(F)c(F)c2)c(Cl)c1=O. The molecule has 0 saturated carbocycles. The minimum Gasteiger partial charge on any atom is -0.492 e. The largest absolute Gasteiger partial charge is 0.492 e. The van der Waals surface area contributed by atoms with Gasteiger partial charge in [-0.1, -0.05) is 11.6 Å². The van der Waals surface area contributed by atoms with Crippen molar-refractivity contribution in [3.05, 3.63) is 51.4 Å². The lowest BCUT2D eigenvalue weighted by atomic mass is 10.3. The average Bonchev–Trinajstić information content (AvgIpc) is 2.47. The van der Waals surface area contributed by atoms with Gasteiger partial charge in [0.25, 0.3) is 5.56 Å². The normalized spacial score (nSPS) is 10.5. The first kappa shape index (κ1) is 15.2. The van der Waals surface area contributed by atoms with Gasteiger partial charge in [-0.25, -0.2) is 13.5 Å². The highest BCUT2D eigenvalue weighted by molar-refractivity contribution is 6.32. The van der Waals surface area contributed by atoms with Crippen LogP contribution in [0.5, 0.6) is 5.75 Å². The van der Waals surface area contributed by atoms with Crippen molar-refractivity contribution in [2.24, 2.45) is 7.05 Å². The van der Waals surface area contributed by atoms with Gasteiger partial charge in [0.15, 0.2) is 11.6 Å². The molecule has 1 aromatic heterocycles. The summed E-state index contributed by atoms with van der Waals surface area (Å²) >= 11 is 5.86. The van der Waals surface area contributed by atoms with Crippen LogP contribution in [-0.2, 0) is 7.05 Å². The lowest BCUT2D eigenvalue weighted by Gasteiger charge is -2.10. The third kappa shape index (κ3) is 3.69. The minimum absolute atomic E-state index is 0.0281. The molecule has 0 aliphatic heterocycles. The molecule has 2 aromatic rings. The molecule has 0 unspecified atom stereocenters. The molecule has 0 spiro atoms. The van der Waals surface area contributed by atoms with E-state index in [9.17, 15) is 13.6 Å². The maximum atomic E-state index is 13.0. The van der Waals surface area contributed by atoms with Gasteiger partial charge in [-0.3, -0.25) is 4.79 Å². The Kier molecular flexibility index (Phi) is 4.74. The topological polar surface area (TPSA) is 56.1 Å². The molecule has 0 saturated heterocycles. The van der Waals surface area contributed by atoms with Gasteiger partial charge in [0, 0.05) is 19.7 Å². The van der Waals surface area contributed by atoms with E-state index in [1.54, 1.807) is 0 Å². The molecule has 0 aliphatic rings. The van der Waals surface area contributed by atoms with Gasteiger partial charge in [-0.15, -0.1) is 0 Å². The second-order valence-corrected chi connectivity index (χ2v) is 4.53. The van der Waals surface area contributed by atoms with Crippen LogP contribution in [0, 0.1) is 11.6 Å². The van der Waals surface area contributed by atoms with E-state index >= 15 is 0 Å². The zero-order valence-corrected chi connectivity index (χ0v) is 11.8. The summed E-state index contributed by atoms with van der Waals surface area (Å²) in [5.74, 6) is -1.69. The van der Waals surface area contributed by atoms with E-state index in [1.807, 2.05) is 0 Å². The molecule has 1 aromatic carbocycles. The molecule has 5 nitrogen and oxygen atoms in total. The maximum Gasteiger partial charge on any atom is 0.287 e. The van der Waals surface area contributed by atoms with Crippen LogP contribution in [0.25, 0.3) is 0 Å². The summed E-state index contributed by atoms with van der Waals surface area (Å²) in [6, 6.07) is 3.27. The Hall–Kier alpha value is -2.15. The molecule has 0 aliphatic carbocycles. The van der Waals surface area contributed by atoms with Crippen LogP contribution in [0.3, 0.4) is 0 Å². The van der Waals surface area contributed by atoms with Gasteiger partial charge in [0.1, 0.15) is 17.4 Å². The fourth-order valence-corrected chi connectivity index (χ4v) is 1.79. The number of ether oxygens (including phenoxy) is 1. The lowest BCUT2D eigenvalue weighted by Crippen LogP contribution is -2.22. The Bertz CT molecular complexity index is 706. The number of nitrogens with one attached hydrogen (secondary N) is 1. The van der Waals surface area contributed by atoms with E-state index in [4.69, 9.17) is 16.3 Å². The second-order valence-electron chi connectivity index (χ2n) is 4.15. The molecule has 112 valence electrons. The van der Waals surface area contributed by atoms with Crippen LogP contribution in [0.15, 0.2) is 29.2 Å². The Morgan fingerprint density at radius 3 is 2.86 bits per heavy atom. The summed E-state index contributed by atoms with van der Waals surface area (Å²) in [6.07, 6.45) is 1.42. The second kappa shape index (κ2) is 6.53. The number of nitrogens with zero attached hydrogens (tertiary/aromatic N) is 2. The Morgan fingerprint density at radius 1 is 1.38 bits per heavy atom. The lowest BCUT2D eigenvalue weighted by molar-refractivity contribution is 0.329. The predicted molar refractivity (Wildman–Crippen MR) is 74.8 cm³/mol. The van der Waals surface area contributed by atoms with Crippen LogP contribution in [-0.4, -0.2) is 22.9 Å². The minimum atomic E-state index is -0.973. The molecule has 0 fully saturated rings. The first-order valence-corrected chi connectivity index (χ1v) is 6.40. The summed E-state index contributed by atoms with van der Waals surface area (Å²) in [7, 11) is 1.49. The zero-order valence-electron chi connectivity index (χ0n) is 11.1. The molecule has 0 atom stereocenters. The van der Waals surface area contributed by atoms with Gasteiger partial charge in [-0.05, 0) is 12.1 Å². The van der Waals surface area contributed by atoms with Crippen LogP contribution in [0.1, 0.15) is 0 Å². The number of hydrogen-bond acceptors (Lipinski definition) is 4. The molecule has 1 N–H and O–H groups in total. The maximum absolute atomic E-state index is 13.0. The standard InChI is InChI=1S/C13H12ClF2N3O2/c1-19-13(20)12(14)11(7-18-19)17-4-5-21-8-2-3-9(15)10(16)6-8/h2-3,6-7,17H,4-5H2,1H3. The quantitative estimate of drug-likeness (QED) is 0.860. The molecular formula is C13H12ClF2N3O2. The molecule has 0 amide bonds. The third-order valence-electron chi connectivity index (χ3n) is 2.66. The number of rotatable bonds is 5. The number of aryl methyl sites for hydroxylation is 1. The highest BCUT2D eigenvalue weighted by Crippen LogP contribution is 2.16. The molecule has 21 heavy (non-hydrogen) atoms. The molecule has 0 radical (unpaired) electrons. The molecule has 2 rings (SSSR count). The molecular weight excluding hydrogens is 304 g/mol. The van der Waals surface area contributed by atoms with E-state index in [0.29, 0.717) is 12.2 Å². The number of benzene rings is 1. The van der Waals surface area contributed by atoms with Crippen molar-refractivity contribution in [1.82, 2.24) is 9.78 Å². The molecule has 0 bridgehead atoms. The summed E-state index contributed by atoms with van der Waals surface area (Å²) in [5.41, 5.74) is -0.0307. The molecule has 1 heterocycles.